The van der Waals surface area contributed by atoms with Crippen LogP contribution in [0.1, 0.15) is 16.8 Å². The maximum atomic E-state index is 12.2. The first kappa shape index (κ1) is 17.4. The number of carbonyl (C=O) groups excluding carboxylic acids is 1. The van der Waals surface area contributed by atoms with Gasteiger partial charge in [-0.15, -0.1) is 0 Å². The molecule has 1 amide bonds. The van der Waals surface area contributed by atoms with Gasteiger partial charge in [0.1, 0.15) is 10.6 Å². The third-order valence-electron chi connectivity index (χ3n) is 2.85. The Bertz CT molecular complexity index is 599. The van der Waals surface area contributed by atoms with Crippen LogP contribution in [0, 0.1) is 0 Å². The molecule has 0 heterocycles. The SMILES string of the molecule is COc1ccc(C(=O)NCCCN)cc1S(=O)(=O)N(C)C. The molecule has 0 aliphatic carbocycles. The van der Waals surface area contributed by atoms with Gasteiger partial charge in [-0.05, 0) is 31.2 Å². The number of sulfonamides is 1. The molecule has 0 saturated carbocycles. The summed E-state index contributed by atoms with van der Waals surface area (Å²) < 4.78 is 30.6. The monoisotopic (exact) mass is 315 g/mol. The quantitative estimate of drug-likeness (QED) is 0.691. The molecule has 0 atom stereocenters. The van der Waals surface area contributed by atoms with Crippen molar-refractivity contribution in [3.63, 3.8) is 0 Å². The maximum absolute atomic E-state index is 12.2. The standard InChI is InChI=1S/C13H21N3O4S/c1-16(2)21(18,19)12-9-10(5-6-11(12)20-3)13(17)15-8-4-7-14/h5-6,9H,4,7-8,14H2,1-3H3,(H,15,17). The number of amides is 1. The lowest BCUT2D eigenvalue weighted by atomic mass is 10.2. The summed E-state index contributed by atoms with van der Waals surface area (Å²) in [6.07, 6.45) is 0.657. The lowest BCUT2D eigenvalue weighted by molar-refractivity contribution is 0.0953. The van der Waals surface area contributed by atoms with Crippen molar-refractivity contribution in [2.75, 3.05) is 34.3 Å². The lowest BCUT2D eigenvalue weighted by Gasteiger charge is -2.15. The molecule has 7 nitrogen and oxygen atoms in total. The second-order valence-electron chi connectivity index (χ2n) is 4.55. The molecule has 0 unspecified atom stereocenters. The van der Waals surface area contributed by atoms with E-state index in [1.54, 1.807) is 0 Å². The smallest absolute Gasteiger partial charge is 0.251 e. The summed E-state index contributed by atoms with van der Waals surface area (Å²) in [6.45, 7) is 0.917. The number of methoxy groups -OCH3 is 1. The van der Waals surface area contributed by atoms with E-state index in [0.717, 1.165) is 4.31 Å². The van der Waals surface area contributed by atoms with E-state index in [1.807, 2.05) is 0 Å². The fraction of sp³-hybridized carbons (Fsp3) is 0.462. The van der Waals surface area contributed by atoms with E-state index >= 15 is 0 Å². The highest BCUT2D eigenvalue weighted by atomic mass is 32.2. The normalized spacial score (nSPS) is 11.5. The number of benzene rings is 1. The molecule has 3 N–H and O–H groups in total. The van der Waals surface area contributed by atoms with E-state index in [2.05, 4.69) is 5.32 Å². The Balaban J connectivity index is 3.14. The molecular formula is C13H21N3O4S. The molecule has 0 bridgehead atoms. The van der Waals surface area contributed by atoms with Crippen molar-refractivity contribution in [2.45, 2.75) is 11.3 Å². The minimum atomic E-state index is -3.69. The number of hydrogen-bond acceptors (Lipinski definition) is 5. The van der Waals surface area contributed by atoms with E-state index in [9.17, 15) is 13.2 Å². The number of ether oxygens (including phenoxy) is 1. The first-order valence-corrected chi connectivity index (χ1v) is 7.87. The zero-order valence-corrected chi connectivity index (χ0v) is 13.2. The zero-order valence-electron chi connectivity index (χ0n) is 12.4. The van der Waals surface area contributed by atoms with Crippen LogP contribution in [0.25, 0.3) is 0 Å². The van der Waals surface area contributed by atoms with E-state index < -0.39 is 10.0 Å². The minimum absolute atomic E-state index is 0.0403. The molecule has 1 rings (SSSR count). The molecule has 0 aromatic heterocycles. The van der Waals surface area contributed by atoms with Gasteiger partial charge in [0.25, 0.3) is 5.91 Å². The molecule has 0 spiro atoms. The number of rotatable bonds is 7. The van der Waals surface area contributed by atoms with Gasteiger partial charge in [0.15, 0.2) is 0 Å². The highest BCUT2D eigenvalue weighted by Crippen LogP contribution is 2.26. The van der Waals surface area contributed by atoms with Gasteiger partial charge in [0.2, 0.25) is 10.0 Å². The van der Waals surface area contributed by atoms with E-state index in [-0.39, 0.29) is 22.1 Å². The summed E-state index contributed by atoms with van der Waals surface area (Å²) >= 11 is 0. The average molecular weight is 315 g/mol. The van der Waals surface area contributed by atoms with E-state index in [4.69, 9.17) is 10.5 Å². The molecule has 0 radical (unpaired) electrons. The summed E-state index contributed by atoms with van der Waals surface area (Å²) in [5, 5.41) is 2.68. The van der Waals surface area contributed by atoms with E-state index in [0.29, 0.717) is 19.5 Å². The number of hydrogen-bond donors (Lipinski definition) is 2. The first-order valence-electron chi connectivity index (χ1n) is 6.43. The topological polar surface area (TPSA) is 102 Å². The van der Waals surface area contributed by atoms with Crippen LogP contribution < -0.4 is 15.8 Å². The second-order valence-corrected chi connectivity index (χ2v) is 6.67. The number of carbonyl (C=O) groups is 1. The fourth-order valence-electron chi connectivity index (χ4n) is 1.62. The largest absolute Gasteiger partial charge is 0.495 e. The Kier molecular flexibility index (Phi) is 6.13. The van der Waals surface area contributed by atoms with Crippen molar-refractivity contribution in [3.05, 3.63) is 23.8 Å². The Hall–Kier alpha value is -1.64. The third-order valence-corrected chi connectivity index (χ3v) is 4.69. The van der Waals surface area contributed by atoms with Crippen LogP contribution in [0.15, 0.2) is 23.1 Å². The predicted molar refractivity (Wildman–Crippen MR) is 79.9 cm³/mol. The fourth-order valence-corrected chi connectivity index (χ4v) is 2.70. The molecule has 0 saturated heterocycles. The van der Waals surface area contributed by atoms with Gasteiger partial charge >= 0.3 is 0 Å². The molecule has 0 aliphatic rings. The molecule has 0 aliphatic heterocycles. The Morgan fingerprint density at radius 2 is 2.05 bits per heavy atom. The number of nitrogens with zero attached hydrogens (tertiary/aromatic N) is 1. The Morgan fingerprint density at radius 3 is 2.57 bits per heavy atom. The number of nitrogens with one attached hydrogen (secondary N) is 1. The van der Waals surface area contributed by atoms with Crippen molar-refractivity contribution in [1.29, 1.82) is 0 Å². The van der Waals surface area contributed by atoms with Gasteiger partial charge in [-0.25, -0.2) is 12.7 Å². The van der Waals surface area contributed by atoms with Gasteiger partial charge in [-0.3, -0.25) is 4.79 Å². The van der Waals surface area contributed by atoms with Gasteiger partial charge in [-0.1, -0.05) is 0 Å². The molecular weight excluding hydrogens is 294 g/mol. The summed E-state index contributed by atoms with van der Waals surface area (Å²) in [5.74, 6) is -0.150. The van der Waals surface area contributed by atoms with Gasteiger partial charge in [0, 0.05) is 26.2 Å². The van der Waals surface area contributed by atoms with Gasteiger partial charge in [-0.2, -0.15) is 0 Å². The Morgan fingerprint density at radius 1 is 1.38 bits per heavy atom. The Labute approximate surface area is 125 Å². The summed E-state index contributed by atoms with van der Waals surface area (Å²) in [6, 6.07) is 4.30. The number of nitrogens with two attached hydrogens (primary N) is 1. The van der Waals surface area contributed by atoms with Crippen LogP contribution in [0.2, 0.25) is 0 Å². The van der Waals surface area contributed by atoms with Crippen molar-refractivity contribution in [2.24, 2.45) is 5.73 Å². The average Bonchev–Trinajstić information content (AvgIpc) is 2.46. The predicted octanol–water partition coefficient (Wildman–Crippen LogP) is 0.0241. The molecule has 1 aromatic carbocycles. The van der Waals surface area contributed by atoms with Gasteiger partial charge in [0.05, 0.1) is 7.11 Å². The van der Waals surface area contributed by atoms with Gasteiger partial charge < -0.3 is 15.8 Å². The van der Waals surface area contributed by atoms with E-state index in [1.165, 1.54) is 39.4 Å². The maximum Gasteiger partial charge on any atom is 0.251 e. The second kappa shape index (κ2) is 7.39. The van der Waals surface area contributed by atoms with Crippen LogP contribution in [0.4, 0.5) is 0 Å². The van der Waals surface area contributed by atoms with Crippen LogP contribution in [-0.4, -0.2) is 52.9 Å². The van der Waals surface area contributed by atoms with Crippen LogP contribution in [-0.2, 0) is 10.0 Å². The molecule has 0 fully saturated rings. The highest BCUT2D eigenvalue weighted by molar-refractivity contribution is 7.89. The summed E-state index contributed by atoms with van der Waals surface area (Å²) in [5.41, 5.74) is 5.61. The third kappa shape index (κ3) is 4.16. The first-order chi connectivity index (χ1) is 9.84. The van der Waals surface area contributed by atoms with Crippen molar-refractivity contribution in [3.8, 4) is 5.75 Å². The highest BCUT2D eigenvalue weighted by Gasteiger charge is 2.23. The molecule has 8 heteroatoms. The van der Waals surface area contributed by atoms with Crippen molar-refractivity contribution < 1.29 is 17.9 Å². The minimum Gasteiger partial charge on any atom is -0.495 e. The zero-order chi connectivity index (χ0) is 16.0. The van der Waals surface area contributed by atoms with Crippen molar-refractivity contribution >= 4 is 15.9 Å². The van der Waals surface area contributed by atoms with Crippen LogP contribution >= 0.6 is 0 Å². The molecule has 21 heavy (non-hydrogen) atoms. The van der Waals surface area contributed by atoms with Crippen LogP contribution in [0.3, 0.4) is 0 Å². The molecule has 118 valence electrons. The van der Waals surface area contributed by atoms with Crippen molar-refractivity contribution in [1.82, 2.24) is 9.62 Å². The summed E-state index contributed by atoms with van der Waals surface area (Å²) in [7, 11) is 0.526. The van der Waals surface area contributed by atoms with Crippen LogP contribution in [0.5, 0.6) is 5.75 Å². The molecule has 1 aromatic rings. The lowest BCUT2D eigenvalue weighted by Crippen LogP contribution is -2.27. The summed E-state index contributed by atoms with van der Waals surface area (Å²) in [4.78, 5) is 11.9.